The third kappa shape index (κ3) is 3.22. The molecule has 106 valence electrons. The zero-order valence-electron chi connectivity index (χ0n) is 11.9. The summed E-state index contributed by atoms with van der Waals surface area (Å²) in [5.41, 5.74) is 4.79. The van der Waals surface area contributed by atoms with Gasteiger partial charge in [0.25, 0.3) is 0 Å². The number of rotatable bonds is 4. The van der Waals surface area contributed by atoms with Gasteiger partial charge in [0.2, 0.25) is 5.91 Å². The topological polar surface area (TPSA) is 75.8 Å². The molecule has 2 atom stereocenters. The fraction of sp³-hybridized carbons (Fsp3) is 0.923. The van der Waals surface area contributed by atoms with Gasteiger partial charge in [-0.15, -0.1) is 0 Å². The second-order valence-electron chi connectivity index (χ2n) is 5.99. The van der Waals surface area contributed by atoms with E-state index >= 15 is 0 Å². The second-order valence-corrected chi connectivity index (χ2v) is 5.99. The summed E-state index contributed by atoms with van der Waals surface area (Å²) in [6.07, 6.45) is 0.403. The number of nitrogens with zero attached hydrogens (tertiary/aromatic N) is 1. The maximum absolute atomic E-state index is 12.5. The third-order valence-corrected chi connectivity index (χ3v) is 3.72. The highest BCUT2D eigenvalue weighted by Gasteiger charge is 2.40. The van der Waals surface area contributed by atoms with Crippen molar-refractivity contribution in [3.63, 3.8) is 0 Å². The lowest BCUT2D eigenvalue weighted by atomic mass is 9.85. The maximum Gasteiger partial charge on any atom is 0.229 e. The molecule has 0 aromatic carbocycles. The van der Waals surface area contributed by atoms with Crippen LogP contribution in [0.15, 0.2) is 0 Å². The minimum absolute atomic E-state index is 0.0577. The molecule has 0 saturated carbocycles. The lowest BCUT2D eigenvalue weighted by Crippen LogP contribution is -2.59. The van der Waals surface area contributed by atoms with Crippen LogP contribution >= 0.6 is 0 Å². The normalized spacial score (nSPS) is 26.8. The Balaban J connectivity index is 2.85. The zero-order chi connectivity index (χ0) is 14.0. The summed E-state index contributed by atoms with van der Waals surface area (Å²) >= 11 is 0. The van der Waals surface area contributed by atoms with Crippen LogP contribution in [-0.2, 0) is 9.53 Å². The van der Waals surface area contributed by atoms with Crippen LogP contribution in [0.5, 0.6) is 0 Å². The summed E-state index contributed by atoms with van der Waals surface area (Å²) in [6, 6.07) is 0. The minimum atomic E-state index is -0.520. The van der Waals surface area contributed by atoms with Gasteiger partial charge in [0.1, 0.15) is 0 Å². The van der Waals surface area contributed by atoms with Crippen molar-refractivity contribution in [3.05, 3.63) is 0 Å². The number of amides is 1. The number of carbonyl (C=O) groups excluding carboxylic acids is 1. The first-order valence-electron chi connectivity index (χ1n) is 6.56. The maximum atomic E-state index is 12.5. The molecule has 3 N–H and O–H groups in total. The third-order valence-electron chi connectivity index (χ3n) is 3.72. The fourth-order valence-electron chi connectivity index (χ4n) is 2.31. The molecule has 5 heteroatoms. The van der Waals surface area contributed by atoms with Gasteiger partial charge in [0, 0.05) is 19.6 Å². The Morgan fingerprint density at radius 2 is 2.22 bits per heavy atom. The average Bonchev–Trinajstić information content (AvgIpc) is 2.34. The molecule has 1 heterocycles. The summed E-state index contributed by atoms with van der Waals surface area (Å²) in [7, 11) is 0. The Morgan fingerprint density at radius 3 is 2.67 bits per heavy atom. The van der Waals surface area contributed by atoms with Gasteiger partial charge in [-0.3, -0.25) is 4.79 Å². The fourth-order valence-corrected chi connectivity index (χ4v) is 2.31. The largest absolute Gasteiger partial charge is 0.394 e. The molecule has 0 spiro atoms. The van der Waals surface area contributed by atoms with Crippen LogP contribution in [0.1, 0.15) is 34.1 Å². The minimum Gasteiger partial charge on any atom is -0.394 e. The highest BCUT2D eigenvalue weighted by atomic mass is 16.5. The number of aliphatic hydroxyl groups is 1. The molecule has 1 aliphatic rings. The van der Waals surface area contributed by atoms with Gasteiger partial charge in [0.15, 0.2) is 0 Å². The molecular formula is C13H26N2O3. The van der Waals surface area contributed by atoms with E-state index < -0.39 is 11.0 Å². The van der Waals surface area contributed by atoms with Gasteiger partial charge < -0.3 is 20.5 Å². The Labute approximate surface area is 109 Å². The molecule has 0 radical (unpaired) electrons. The number of hydrogen-bond acceptors (Lipinski definition) is 4. The Hall–Kier alpha value is -0.650. The van der Waals surface area contributed by atoms with Gasteiger partial charge in [-0.2, -0.15) is 0 Å². The van der Waals surface area contributed by atoms with Crippen molar-refractivity contribution < 1.29 is 14.6 Å². The molecule has 1 amide bonds. The number of carbonyl (C=O) groups is 1. The van der Waals surface area contributed by atoms with Gasteiger partial charge in [-0.25, -0.2) is 0 Å². The Morgan fingerprint density at radius 1 is 1.61 bits per heavy atom. The van der Waals surface area contributed by atoms with E-state index in [0.29, 0.717) is 26.1 Å². The predicted octanol–water partition coefficient (Wildman–Crippen LogP) is 0.360. The smallest absolute Gasteiger partial charge is 0.229 e. The molecule has 1 saturated heterocycles. The van der Waals surface area contributed by atoms with Crippen LogP contribution in [-0.4, -0.2) is 53.9 Å². The van der Waals surface area contributed by atoms with E-state index in [1.807, 2.05) is 27.7 Å². The van der Waals surface area contributed by atoms with Crippen LogP contribution in [0.25, 0.3) is 0 Å². The first kappa shape index (κ1) is 15.4. The lowest BCUT2D eigenvalue weighted by molar-refractivity contribution is -0.173. The zero-order valence-corrected chi connectivity index (χ0v) is 11.9. The highest BCUT2D eigenvalue weighted by Crippen LogP contribution is 2.28. The van der Waals surface area contributed by atoms with E-state index in [2.05, 4.69) is 0 Å². The molecule has 1 rings (SSSR count). The van der Waals surface area contributed by atoms with Crippen molar-refractivity contribution >= 4 is 5.91 Å². The Kier molecular flexibility index (Phi) is 4.75. The number of aliphatic hydroxyl groups excluding tert-OH is 1. The number of morpholine rings is 1. The van der Waals surface area contributed by atoms with E-state index in [1.165, 1.54) is 0 Å². The lowest BCUT2D eigenvalue weighted by Gasteiger charge is -2.45. The van der Waals surface area contributed by atoms with E-state index in [4.69, 9.17) is 10.5 Å². The number of hydrogen-bond donors (Lipinski definition) is 2. The molecule has 1 fully saturated rings. The Bertz CT molecular complexity index is 301. The second kappa shape index (κ2) is 5.55. The average molecular weight is 258 g/mol. The van der Waals surface area contributed by atoms with Crippen molar-refractivity contribution in [2.75, 3.05) is 26.2 Å². The van der Waals surface area contributed by atoms with Crippen LogP contribution < -0.4 is 5.73 Å². The van der Waals surface area contributed by atoms with Crippen molar-refractivity contribution in [1.82, 2.24) is 4.90 Å². The summed E-state index contributed by atoms with van der Waals surface area (Å²) in [5.74, 6) is 0.0577. The molecule has 1 aliphatic heterocycles. The van der Waals surface area contributed by atoms with Gasteiger partial charge >= 0.3 is 0 Å². The predicted molar refractivity (Wildman–Crippen MR) is 70.1 cm³/mol. The van der Waals surface area contributed by atoms with Crippen LogP contribution in [0.3, 0.4) is 0 Å². The summed E-state index contributed by atoms with van der Waals surface area (Å²) < 4.78 is 5.71. The van der Waals surface area contributed by atoms with Crippen LogP contribution in [0.2, 0.25) is 0 Å². The van der Waals surface area contributed by atoms with Gasteiger partial charge in [0.05, 0.1) is 23.7 Å². The quantitative estimate of drug-likeness (QED) is 0.763. The molecule has 0 aliphatic carbocycles. The van der Waals surface area contributed by atoms with Crippen molar-refractivity contribution in [3.8, 4) is 0 Å². The highest BCUT2D eigenvalue weighted by molar-refractivity contribution is 5.82. The van der Waals surface area contributed by atoms with Crippen molar-refractivity contribution in [2.24, 2.45) is 11.1 Å². The van der Waals surface area contributed by atoms with E-state index in [1.54, 1.807) is 4.90 Å². The molecule has 2 unspecified atom stereocenters. The van der Waals surface area contributed by atoms with Gasteiger partial charge in [-0.05, 0) is 27.2 Å². The molecule has 0 bridgehead atoms. The molecule has 0 aromatic rings. The molecule has 18 heavy (non-hydrogen) atoms. The van der Waals surface area contributed by atoms with E-state index in [9.17, 15) is 9.90 Å². The van der Waals surface area contributed by atoms with Crippen LogP contribution in [0.4, 0.5) is 0 Å². The summed E-state index contributed by atoms with van der Waals surface area (Å²) in [5, 5.41) is 9.25. The molecule has 5 nitrogen and oxygen atoms in total. The SMILES string of the molecule is CCC(C)(CN)C(=O)N1CC(CO)OC(C)(C)C1. The van der Waals surface area contributed by atoms with Gasteiger partial charge in [-0.1, -0.05) is 6.92 Å². The van der Waals surface area contributed by atoms with Crippen molar-refractivity contribution in [2.45, 2.75) is 45.8 Å². The monoisotopic (exact) mass is 258 g/mol. The van der Waals surface area contributed by atoms with Crippen LogP contribution in [0, 0.1) is 5.41 Å². The molecular weight excluding hydrogens is 232 g/mol. The first-order valence-corrected chi connectivity index (χ1v) is 6.56. The van der Waals surface area contributed by atoms with E-state index in [-0.39, 0.29) is 18.6 Å². The molecule has 0 aromatic heterocycles. The summed E-state index contributed by atoms with van der Waals surface area (Å²) in [4.78, 5) is 14.3. The number of ether oxygens (including phenoxy) is 1. The van der Waals surface area contributed by atoms with E-state index in [0.717, 1.165) is 0 Å². The number of nitrogens with two attached hydrogens (primary N) is 1. The first-order chi connectivity index (χ1) is 8.28. The standard InChI is InChI=1S/C13H26N2O3/c1-5-13(4,8-14)11(17)15-6-10(7-16)18-12(2,3)9-15/h10,16H,5-9,14H2,1-4H3. The summed E-state index contributed by atoms with van der Waals surface area (Å²) in [6.45, 7) is 8.97. The van der Waals surface area contributed by atoms with Crippen molar-refractivity contribution in [1.29, 1.82) is 0 Å².